The Balaban J connectivity index is 1.51. The lowest BCUT2D eigenvalue weighted by Gasteiger charge is -2.08. The van der Waals surface area contributed by atoms with Crippen molar-refractivity contribution in [3.8, 4) is 22.6 Å². The van der Waals surface area contributed by atoms with Gasteiger partial charge in [0.15, 0.2) is 11.5 Å². The number of pyridine rings is 3. The molecule has 9 nitrogen and oxygen atoms in total. The highest BCUT2D eigenvalue weighted by Crippen LogP contribution is 2.29. The third-order valence-corrected chi connectivity index (χ3v) is 4.87. The standard InChI is InChI=1S/C22H20N8O/c1-12(2)5-19(31)26-15-6-13(8-24-10-15)14-7-16-20(29-30-21(16)25-9-14)22-27-17-3-4-23-11-18(17)28-22/h3-4,6-12H,5H2,1-2H3,(H,26,31)(H,27,28)(H,25,29,30). The van der Waals surface area contributed by atoms with E-state index in [4.69, 9.17) is 0 Å². The first-order valence-electron chi connectivity index (χ1n) is 9.96. The van der Waals surface area contributed by atoms with Gasteiger partial charge in [0, 0.05) is 36.1 Å². The van der Waals surface area contributed by atoms with Gasteiger partial charge in [-0.2, -0.15) is 5.10 Å². The van der Waals surface area contributed by atoms with Crippen LogP contribution in [0.3, 0.4) is 0 Å². The Bertz CT molecular complexity index is 1370. The Labute approximate surface area is 177 Å². The van der Waals surface area contributed by atoms with Gasteiger partial charge in [0.05, 0.1) is 34.5 Å². The monoisotopic (exact) mass is 412 g/mol. The predicted molar refractivity (Wildman–Crippen MR) is 118 cm³/mol. The summed E-state index contributed by atoms with van der Waals surface area (Å²) in [6.07, 6.45) is 9.03. The van der Waals surface area contributed by atoms with Crippen LogP contribution < -0.4 is 5.32 Å². The molecule has 9 heteroatoms. The van der Waals surface area contributed by atoms with E-state index in [9.17, 15) is 4.79 Å². The van der Waals surface area contributed by atoms with Crippen LogP contribution in [0.15, 0.2) is 49.2 Å². The number of H-pyrrole nitrogens is 2. The van der Waals surface area contributed by atoms with Crippen molar-refractivity contribution in [3.05, 3.63) is 49.2 Å². The van der Waals surface area contributed by atoms with E-state index in [1.165, 1.54) is 0 Å². The van der Waals surface area contributed by atoms with Crippen LogP contribution in [0.1, 0.15) is 20.3 Å². The molecule has 5 aromatic heterocycles. The van der Waals surface area contributed by atoms with Crippen molar-refractivity contribution in [2.75, 3.05) is 5.32 Å². The summed E-state index contributed by atoms with van der Waals surface area (Å²) in [5, 5.41) is 11.1. The Hall–Kier alpha value is -4.14. The normalized spacial score (nSPS) is 11.5. The smallest absolute Gasteiger partial charge is 0.224 e. The van der Waals surface area contributed by atoms with E-state index >= 15 is 0 Å². The number of anilines is 1. The molecule has 0 saturated carbocycles. The number of hydrogen-bond acceptors (Lipinski definition) is 6. The lowest BCUT2D eigenvalue weighted by molar-refractivity contribution is -0.116. The molecule has 0 unspecified atom stereocenters. The van der Waals surface area contributed by atoms with Gasteiger partial charge in [-0.05, 0) is 24.1 Å². The zero-order chi connectivity index (χ0) is 21.4. The van der Waals surface area contributed by atoms with Gasteiger partial charge in [-0.15, -0.1) is 0 Å². The number of nitrogens with zero attached hydrogens (tertiary/aromatic N) is 5. The average molecular weight is 412 g/mol. The van der Waals surface area contributed by atoms with E-state index in [1.807, 2.05) is 32.0 Å². The molecule has 0 fully saturated rings. The Morgan fingerprint density at radius 3 is 2.81 bits per heavy atom. The van der Waals surface area contributed by atoms with Gasteiger partial charge in [-0.1, -0.05) is 13.8 Å². The van der Waals surface area contributed by atoms with E-state index in [-0.39, 0.29) is 11.8 Å². The number of imidazole rings is 1. The highest BCUT2D eigenvalue weighted by molar-refractivity contribution is 5.94. The zero-order valence-corrected chi connectivity index (χ0v) is 17.0. The number of carbonyl (C=O) groups excluding carboxylic acids is 1. The molecule has 0 radical (unpaired) electrons. The Morgan fingerprint density at radius 2 is 1.97 bits per heavy atom. The summed E-state index contributed by atoms with van der Waals surface area (Å²) in [5.41, 5.74) is 5.35. The summed E-state index contributed by atoms with van der Waals surface area (Å²) in [5.74, 6) is 0.899. The maximum absolute atomic E-state index is 12.1. The molecule has 154 valence electrons. The molecule has 3 N–H and O–H groups in total. The summed E-state index contributed by atoms with van der Waals surface area (Å²) in [6.45, 7) is 4.02. The molecule has 0 spiro atoms. The van der Waals surface area contributed by atoms with E-state index in [0.717, 1.165) is 27.5 Å². The van der Waals surface area contributed by atoms with Crippen molar-refractivity contribution in [2.24, 2.45) is 5.92 Å². The molecule has 0 aliphatic heterocycles. The number of aromatic nitrogens is 7. The number of fused-ring (bicyclic) bond motifs is 2. The molecule has 0 bridgehead atoms. The molecule has 0 saturated heterocycles. The average Bonchev–Trinajstić information content (AvgIpc) is 3.36. The molecular formula is C22H20N8O. The largest absolute Gasteiger partial charge is 0.335 e. The van der Waals surface area contributed by atoms with Crippen LogP contribution >= 0.6 is 0 Å². The lowest BCUT2D eigenvalue weighted by Crippen LogP contribution is -2.13. The van der Waals surface area contributed by atoms with Gasteiger partial charge in [-0.3, -0.25) is 19.9 Å². The summed E-state index contributed by atoms with van der Waals surface area (Å²) in [4.78, 5) is 32.9. The quantitative estimate of drug-likeness (QED) is 0.401. The van der Waals surface area contributed by atoms with Gasteiger partial charge in [0.1, 0.15) is 5.69 Å². The minimum Gasteiger partial charge on any atom is -0.335 e. The topological polar surface area (TPSA) is 125 Å². The van der Waals surface area contributed by atoms with Crippen LogP contribution in [0.25, 0.3) is 44.7 Å². The second-order valence-corrected chi connectivity index (χ2v) is 7.78. The third-order valence-electron chi connectivity index (χ3n) is 4.87. The minimum atomic E-state index is -0.0287. The molecule has 31 heavy (non-hydrogen) atoms. The Morgan fingerprint density at radius 1 is 1.10 bits per heavy atom. The van der Waals surface area contributed by atoms with Crippen LogP contribution in [0.5, 0.6) is 0 Å². The number of hydrogen-bond donors (Lipinski definition) is 3. The second-order valence-electron chi connectivity index (χ2n) is 7.78. The van der Waals surface area contributed by atoms with Crippen molar-refractivity contribution in [3.63, 3.8) is 0 Å². The van der Waals surface area contributed by atoms with Crippen molar-refractivity contribution < 1.29 is 4.79 Å². The molecule has 5 heterocycles. The zero-order valence-electron chi connectivity index (χ0n) is 17.0. The summed E-state index contributed by atoms with van der Waals surface area (Å²) in [6, 6.07) is 5.72. The summed E-state index contributed by atoms with van der Waals surface area (Å²) in [7, 11) is 0. The van der Waals surface area contributed by atoms with Gasteiger partial charge in [0.25, 0.3) is 0 Å². The fourth-order valence-electron chi connectivity index (χ4n) is 3.46. The number of amides is 1. The van der Waals surface area contributed by atoms with Gasteiger partial charge < -0.3 is 10.3 Å². The van der Waals surface area contributed by atoms with E-state index in [1.54, 1.807) is 31.0 Å². The van der Waals surface area contributed by atoms with Crippen molar-refractivity contribution in [1.29, 1.82) is 0 Å². The van der Waals surface area contributed by atoms with E-state index in [0.29, 0.717) is 29.3 Å². The maximum Gasteiger partial charge on any atom is 0.224 e. The first kappa shape index (κ1) is 18.9. The van der Waals surface area contributed by atoms with Crippen molar-refractivity contribution >= 4 is 33.7 Å². The van der Waals surface area contributed by atoms with Gasteiger partial charge in [-0.25, -0.2) is 9.97 Å². The third kappa shape index (κ3) is 3.73. The fraction of sp³-hybridized carbons (Fsp3) is 0.182. The summed E-state index contributed by atoms with van der Waals surface area (Å²) < 4.78 is 0. The van der Waals surface area contributed by atoms with Gasteiger partial charge >= 0.3 is 0 Å². The molecule has 0 aromatic carbocycles. The fourth-order valence-corrected chi connectivity index (χ4v) is 3.46. The van der Waals surface area contributed by atoms with Crippen LogP contribution in [-0.4, -0.2) is 41.0 Å². The molecule has 1 amide bonds. The van der Waals surface area contributed by atoms with Crippen molar-refractivity contribution in [2.45, 2.75) is 20.3 Å². The predicted octanol–water partition coefficient (Wildman–Crippen LogP) is 3.94. The van der Waals surface area contributed by atoms with Gasteiger partial charge in [0.2, 0.25) is 5.91 Å². The van der Waals surface area contributed by atoms with E-state index < -0.39 is 0 Å². The maximum atomic E-state index is 12.1. The van der Waals surface area contributed by atoms with Crippen molar-refractivity contribution in [1.82, 2.24) is 35.1 Å². The molecule has 0 aliphatic rings. The van der Waals surface area contributed by atoms with Crippen LogP contribution in [0, 0.1) is 5.92 Å². The Kier molecular flexibility index (Phi) is 4.62. The number of rotatable bonds is 5. The number of carbonyl (C=O) groups is 1. The first-order valence-corrected chi connectivity index (χ1v) is 9.96. The van der Waals surface area contributed by atoms with Crippen LogP contribution in [-0.2, 0) is 4.79 Å². The lowest BCUT2D eigenvalue weighted by atomic mass is 10.1. The molecular weight excluding hydrogens is 392 g/mol. The summed E-state index contributed by atoms with van der Waals surface area (Å²) >= 11 is 0. The highest BCUT2D eigenvalue weighted by atomic mass is 16.1. The van der Waals surface area contributed by atoms with E-state index in [2.05, 4.69) is 40.4 Å². The molecule has 5 rings (SSSR count). The second kappa shape index (κ2) is 7.60. The molecule has 5 aromatic rings. The minimum absolute atomic E-state index is 0.0287. The highest BCUT2D eigenvalue weighted by Gasteiger charge is 2.15. The van der Waals surface area contributed by atoms with Crippen LogP contribution in [0.2, 0.25) is 0 Å². The molecule has 0 atom stereocenters. The first-order chi connectivity index (χ1) is 15.1. The number of nitrogens with one attached hydrogen (secondary N) is 3. The number of aromatic amines is 2. The molecule has 0 aliphatic carbocycles. The van der Waals surface area contributed by atoms with Crippen LogP contribution in [0.4, 0.5) is 5.69 Å². The SMILES string of the molecule is CC(C)CC(=O)Nc1cncc(-c2cnc3[nH]nc(-c4nc5ccncc5[nH]4)c3c2)c1.